The molecule has 0 saturated carbocycles. The number of allylic oxidation sites excluding steroid dienone is 1. The molecule has 7 nitrogen and oxygen atoms in total. The van der Waals surface area contributed by atoms with E-state index in [1.165, 1.54) is 37.5 Å². The Balaban J connectivity index is 2.32. The van der Waals surface area contributed by atoms with Crippen molar-refractivity contribution in [2.24, 2.45) is 0 Å². The topological polar surface area (TPSA) is 110 Å². The summed E-state index contributed by atoms with van der Waals surface area (Å²) in [6.07, 6.45) is 3.04. The molecular formula is C18H16ClNO6. The Labute approximate surface area is 154 Å². The van der Waals surface area contributed by atoms with Gasteiger partial charge in [-0.25, -0.2) is 0 Å². The van der Waals surface area contributed by atoms with Crippen molar-refractivity contribution in [2.45, 2.75) is 6.42 Å². The average Bonchev–Trinajstić information content (AvgIpc) is 2.62. The predicted molar refractivity (Wildman–Crippen MR) is 97.2 cm³/mol. The summed E-state index contributed by atoms with van der Waals surface area (Å²) in [4.78, 5) is 22.6. The molecule has 0 aliphatic heterocycles. The molecule has 2 rings (SSSR count). The molecule has 0 fully saturated rings. The second-order valence-corrected chi connectivity index (χ2v) is 5.71. The molecule has 0 spiro atoms. The first kappa shape index (κ1) is 19.3. The molecule has 0 bridgehead atoms. The number of phenolic OH excluding ortho intramolecular Hbond substituents is 2. The number of alkyl halides is 1. The predicted octanol–water partition coefficient (Wildman–Crippen LogP) is 3.69. The van der Waals surface area contributed by atoms with Crippen molar-refractivity contribution < 1.29 is 24.7 Å². The van der Waals surface area contributed by atoms with E-state index in [0.29, 0.717) is 29.0 Å². The van der Waals surface area contributed by atoms with Gasteiger partial charge < -0.3 is 14.9 Å². The first-order valence-corrected chi connectivity index (χ1v) is 8.06. The van der Waals surface area contributed by atoms with Crippen LogP contribution in [0.25, 0.3) is 6.08 Å². The van der Waals surface area contributed by atoms with Crippen LogP contribution in [0, 0.1) is 10.1 Å². The number of aromatic hydroxyl groups is 2. The summed E-state index contributed by atoms with van der Waals surface area (Å²) in [5.74, 6) is -0.635. The minimum atomic E-state index is -0.741. The number of aryl methyl sites for hydroxylation is 1. The van der Waals surface area contributed by atoms with Gasteiger partial charge in [-0.1, -0.05) is 6.08 Å². The number of carbonyl (C=O) groups excluding carboxylic acids is 1. The number of carbonyl (C=O) groups is 1. The summed E-state index contributed by atoms with van der Waals surface area (Å²) in [6.45, 7) is 0. The molecule has 0 amide bonds. The number of benzene rings is 2. The highest BCUT2D eigenvalue weighted by molar-refractivity contribution is 6.18. The van der Waals surface area contributed by atoms with E-state index in [0.717, 1.165) is 6.07 Å². The number of hydrogen-bond acceptors (Lipinski definition) is 6. The molecule has 0 unspecified atom stereocenters. The van der Waals surface area contributed by atoms with Crippen molar-refractivity contribution in [2.75, 3.05) is 13.0 Å². The first-order valence-electron chi connectivity index (χ1n) is 7.53. The highest BCUT2D eigenvalue weighted by atomic mass is 35.5. The fraction of sp³-hybridized carbons (Fsp3) is 0.167. The number of rotatable bonds is 7. The van der Waals surface area contributed by atoms with Gasteiger partial charge in [-0.2, -0.15) is 0 Å². The fourth-order valence-corrected chi connectivity index (χ4v) is 2.52. The van der Waals surface area contributed by atoms with Crippen LogP contribution in [0.2, 0.25) is 0 Å². The van der Waals surface area contributed by atoms with Crippen LogP contribution in [0.15, 0.2) is 36.4 Å². The van der Waals surface area contributed by atoms with Crippen LogP contribution in [0.5, 0.6) is 17.2 Å². The van der Waals surface area contributed by atoms with E-state index >= 15 is 0 Å². The molecular weight excluding hydrogens is 362 g/mol. The Bertz CT molecular complexity index is 878. The van der Waals surface area contributed by atoms with Crippen LogP contribution < -0.4 is 4.74 Å². The minimum Gasteiger partial charge on any atom is -0.508 e. The molecule has 2 aromatic carbocycles. The lowest BCUT2D eigenvalue weighted by molar-refractivity contribution is -0.386. The average molecular weight is 378 g/mol. The van der Waals surface area contributed by atoms with Gasteiger partial charge in [0.05, 0.1) is 12.0 Å². The third-order valence-corrected chi connectivity index (χ3v) is 3.84. The lowest BCUT2D eigenvalue weighted by Crippen LogP contribution is -1.97. The summed E-state index contributed by atoms with van der Waals surface area (Å²) in [6, 6.07) is 6.94. The van der Waals surface area contributed by atoms with Crippen molar-refractivity contribution in [1.82, 2.24) is 0 Å². The number of nitro groups is 1. The second kappa shape index (κ2) is 8.35. The smallest absolute Gasteiger partial charge is 0.315 e. The van der Waals surface area contributed by atoms with Gasteiger partial charge in [0, 0.05) is 17.5 Å². The van der Waals surface area contributed by atoms with Crippen LogP contribution in [0.1, 0.15) is 21.5 Å². The van der Waals surface area contributed by atoms with Crippen LogP contribution >= 0.6 is 11.6 Å². The van der Waals surface area contributed by atoms with Crippen LogP contribution in [-0.2, 0) is 6.42 Å². The van der Waals surface area contributed by atoms with Crippen molar-refractivity contribution >= 4 is 29.1 Å². The molecule has 0 aromatic heterocycles. The molecule has 2 aromatic rings. The molecule has 0 aliphatic carbocycles. The Kier molecular flexibility index (Phi) is 6.19. The van der Waals surface area contributed by atoms with E-state index in [9.17, 15) is 25.1 Å². The number of phenols is 2. The quantitative estimate of drug-likeness (QED) is 0.250. The van der Waals surface area contributed by atoms with Crippen molar-refractivity contribution in [3.8, 4) is 17.2 Å². The highest BCUT2D eigenvalue weighted by Crippen LogP contribution is 2.37. The Hall–Kier alpha value is -3.06. The van der Waals surface area contributed by atoms with Gasteiger partial charge in [0.2, 0.25) is 5.75 Å². The molecule has 0 saturated heterocycles. The molecule has 0 atom stereocenters. The monoisotopic (exact) mass is 377 g/mol. The van der Waals surface area contributed by atoms with Gasteiger partial charge in [-0.3, -0.25) is 14.9 Å². The summed E-state index contributed by atoms with van der Waals surface area (Å²) >= 11 is 5.67. The number of hydrogen-bond donors (Lipinski definition) is 2. The molecule has 0 aliphatic rings. The van der Waals surface area contributed by atoms with Gasteiger partial charge >= 0.3 is 5.69 Å². The van der Waals surface area contributed by atoms with Crippen molar-refractivity contribution in [1.29, 1.82) is 0 Å². The summed E-state index contributed by atoms with van der Waals surface area (Å²) < 4.78 is 4.91. The molecule has 2 N–H and O–H groups in total. The fourth-order valence-electron chi connectivity index (χ4n) is 2.31. The minimum absolute atomic E-state index is 0.0603. The zero-order valence-corrected chi connectivity index (χ0v) is 14.6. The number of methoxy groups -OCH3 is 1. The molecule has 26 heavy (non-hydrogen) atoms. The molecule has 0 heterocycles. The van der Waals surface area contributed by atoms with Gasteiger partial charge in [0.25, 0.3) is 0 Å². The van der Waals surface area contributed by atoms with Crippen LogP contribution in [0.3, 0.4) is 0 Å². The number of ether oxygens (including phenoxy) is 1. The Morgan fingerprint density at radius 2 is 2.04 bits per heavy atom. The Morgan fingerprint density at radius 1 is 1.31 bits per heavy atom. The normalized spacial score (nSPS) is 10.8. The SMILES string of the molecule is COc1cc(/C=C/C(=O)c2ccc(O)c(CCCl)c2)cc([N+](=O)[O-])c1O. The molecule has 8 heteroatoms. The van der Waals surface area contributed by atoms with Gasteiger partial charge in [-0.05, 0) is 47.9 Å². The van der Waals surface area contributed by atoms with Gasteiger partial charge in [0.15, 0.2) is 11.5 Å². The standard InChI is InChI=1S/C18H16ClNO6/c1-26-17-9-11(8-14(18(17)23)20(24)25)2-4-15(21)12-3-5-16(22)13(10-12)6-7-19/h2-5,8-10,22-23H,6-7H2,1H3/b4-2+. The first-order chi connectivity index (χ1) is 12.4. The third kappa shape index (κ3) is 4.31. The maximum Gasteiger partial charge on any atom is 0.315 e. The number of halogens is 1. The van der Waals surface area contributed by atoms with E-state index < -0.39 is 16.4 Å². The Morgan fingerprint density at radius 3 is 2.65 bits per heavy atom. The zero-order valence-electron chi connectivity index (χ0n) is 13.8. The highest BCUT2D eigenvalue weighted by Gasteiger charge is 2.19. The van der Waals surface area contributed by atoms with Gasteiger partial charge in [0.1, 0.15) is 5.75 Å². The zero-order chi connectivity index (χ0) is 19.3. The summed E-state index contributed by atoms with van der Waals surface area (Å²) in [5.41, 5.74) is 0.700. The van der Waals surface area contributed by atoms with E-state index in [4.69, 9.17) is 16.3 Å². The maximum absolute atomic E-state index is 12.3. The molecule has 136 valence electrons. The molecule has 0 radical (unpaired) electrons. The third-order valence-electron chi connectivity index (χ3n) is 3.65. The summed E-state index contributed by atoms with van der Waals surface area (Å²) in [7, 11) is 1.27. The lowest BCUT2D eigenvalue weighted by atomic mass is 10.0. The lowest BCUT2D eigenvalue weighted by Gasteiger charge is -2.06. The van der Waals surface area contributed by atoms with E-state index in [1.807, 2.05) is 0 Å². The maximum atomic E-state index is 12.3. The van der Waals surface area contributed by atoms with E-state index in [2.05, 4.69) is 0 Å². The van der Waals surface area contributed by atoms with Crippen LogP contribution in [0.4, 0.5) is 5.69 Å². The number of ketones is 1. The van der Waals surface area contributed by atoms with E-state index in [1.54, 1.807) is 6.07 Å². The second-order valence-electron chi connectivity index (χ2n) is 5.33. The number of nitrogens with zero attached hydrogens (tertiary/aromatic N) is 1. The van der Waals surface area contributed by atoms with Gasteiger partial charge in [-0.15, -0.1) is 11.6 Å². The van der Waals surface area contributed by atoms with E-state index in [-0.39, 0.29) is 17.3 Å². The van der Waals surface area contributed by atoms with Crippen LogP contribution in [-0.4, -0.2) is 33.9 Å². The summed E-state index contributed by atoms with van der Waals surface area (Å²) in [5, 5.41) is 30.5. The van der Waals surface area contributed by atoms with Crippen molar-refractivity contribution in [3.05, 3.63) is 63.2 Å². The largest absolute Gasteiger partial charge is 0.508 e. The number of nitro benzene ring substituents is 1. The van der Waals surface area contributed by atoms with Crippen molar-refractivity contribution in [3.63, 3.8) is 0 Å².